The summed E-state index contributed by atoms with van der Waals surface area (Å²) in [5.41, 5.74) is 0.631. The molecular formula is C20H27N3O5S. The number of hydrogen-bond acceptors (Lipinski definition) is 5. The Morgan fingerprint density at radius 1 is 1.21 bits per heavy atom. The van der Waals surface area contributed by atoms with Crippen LogP contribution in [0.2, 0.25) is 0 Å². The quantitative estimate of drug-likeness (QED) is 0.697. The summed E-state index contributed by atoms with van der Waals surface area (Å²) in [5, 5.41) is 5.18. The normalized spacial score (nSPS) is 23.1. The minimum atomic E-state index is -3.83. The molecule has 0 bridgehead atoms. The Labute approximate surface area is 171 Å². The fraction of sp³-hybridized carbons (Fsp3) is 0.550. The maximum absolute atomic E-state index is 12.7. The van der Waals surface area contributed by atoms with Crippen molar-refractivity contribution in [2.75, 3.05) is 13.6 Å². The molecule has 2 N–H and O–H groups in total. The minimum Gasteiger partial charge on any atom is -0.339 e. The molecule has 0 radical (unpaired) electrons. The molecule has 29 heavy (non-hydrogen) atoms. The van der Waals surface area contributed by atoms with Crippen LogP contribution in [0.15, 0.2) is 29.2 Å². The number of amides is 3. The Kier molecular flexibility index (Phi) is 6.09. The first kappa shape index (κ1) is 21.4. The first-order valence-corrected chi connectivity index (χ1v) is 11.4. The van der Waals surface area contributed by atoms with Gasteiger partial charge in [0.15, 0.2) is 0 Å². The Bertz CT molecular complexity index is 906. The van der Waals surface area contributed by atoms with Crippen LogP contribution in [-0.2, 0) is 24.4 Å². The van der Waals surface area contributed by atoms with Crippen molar-refractivity contribution in [1.82, 2.24) is 9.80 Å². The number of carbonyl (C=O) groups is 3. The largest absolute Gasteiger partial charge is 0.339 e. The van der Waals surface area contributed by atoms with Crippen molar-refractivity contribution in [2.24, 2.45) is 17.0 Å². The summed E-state index contributed by atoms with van der Waals surface area (Å²) < 4.78 is 23.1. The summed E-state index contributed by atoms with van der Waals surface area (Å²) >= 11 is 0. The smallest absolute Gasteiger partial charge is 0.238 e. The van der Waals surface area contributed by atoms with Gasteiger partial charge in [-0.3, -0.25) is 19.3 Å². The molecule has 1 heterocycles. The highest BCUT2D eigenvalue weighted by molar-refractivity contribution is 7.89. The lowest BCUT2D eigenvalue weighted by atomic mass is 9.81. The lowest BCUT2D eigenvalue weighted by Gasteiger charge is -2.26. The molecule has 2 fully saturated rings. The van der Waals surface area contributed by atoms with E-state index >= 15 is 0 Å². The third kappa shape index (κ3) is 4.35. The third-order valence-electron chi connectivity index (χ3n) is 6.13. The maximum Gasteiger partial charge on any atom is 0.238 e. The molecule has 1 aliphatic carbocycles. The van der Waals surface area contributed by atoms with E-state index in [0.717, 1.165) is 25.7 Å². The van der Waals surface area contributed by atoms with Gasteiger partial charge < -0.3 is 4.90 Å². The Morgan fingerprint density at radius 3 is 2.34 bits per heavy atom. The van der Waals surface area contributed by atoms with E-state index in [9.17, 15) is 22.8 Å². The number of rotatable bonds is 6. The van der Waals surface area contributed by atoms with E-state index in [4.69, 9.17) is 5.14 Å². The number of primary sulfonamides is 1. The van der Waals surface area contributed by atoms with E-state index in [0.29, 0.717) is 5.56 Å². The van der Waals surface area contributed by atoms with Crippen LogP contribution in [0.25, 0.3) is 0 Å². The predicted molar refractivity (Wildman–Crippen MR) is 106 cm³/mol. The van der Waals surface area contributed by atoms with Gasteiger partial charge in [0.2, 0.25) is 27.7 Å². The Balaban J connectivity index is 1.63. The number of hydrogen-bond donors (Lipinski definition) is 1. The molecule has 1 aliphatic heterocycles. The minimum absolute atomic E-state index is 0.0152. The van der Waals surface area contributed by atoms with Crippen molar-refractivity contribution in [3.63, 3.8) is 0 Å². The molecule has 158 valence electrons. The van der Waals surface area contributed by atoms with Crippen LogP contribution in [0.3, 0.4) is 0 Å². The zero-order valence-corrected chi connectivity index (χ0v) is 17.5. The molecule has 0 aromatic heterocycles. The topological polar surface area (TPSA) is 118 Å². The predicted octanol–water partition coefficient (Wildman–Crippen LogP) is 1.42. The van der Waals surface area contributed by atoms with Crippen LogP contribution in [0, 0.1) is 11.8 Å². The second-order valence-electron chi connectivity index (χ2n) is 7.87. The van der Waals surface area contributed by atoms with Crippen molar-refractivity contribution < 1.29 is 22.8 Å². The fourth-order valence-corrected chi connectivity index (χ4v) is 4.79. The Morgan fingerprint density at radius 2 is 1.79 bits per heavy atom. The number of fused-ring (bicyclic) bond motifs is 1. The van der Waals surface area contributed by atoms with Gasteiger partial charge in [0.25, 0.3) is 0 Å². The summed E-state index contributed by atoms with van der Waals surface area (Å²) in [5.74, 6) is -0.963. The standard InChI is InChI=1S/C20H27N3O5S/c1-13(14-6-5-7-15(12-14)29(21,27)28)22(2)18(24)10-11-23-19(25)16-8-3-4-9-17(16)20(23)26/h5-7,12-13,16-17H,3-4,8-11H2,1-2H3,(H2,21,27,28). The lowest BCUT2D eigenvalue weighted by molar-refractivity contribution is -0.141. The zero-order valence-electron chi connectivity index (χ0n) is 16.7. The fourth-order valence-electron chi connectivity index (χ4n) is 4.23. The summed E-state index contributed by atoms with van der Waals surface area (Å²) in [7, 11) is -2.22. The van der Waals surface area contributed by atoms with Gasteiger partial charge in [-0.15, -0.1) is 0 Å². The third-order valence-corrected chi connectivity index (χ3v) is 7.04. The molecule has 9 heteroatoms. The number of likely N-dealkylation sites (tertiary alicyclic amines) is 1. The molecule has 1 saturated carbocycles. The van der Waals surface area contributed by atoms with Gasteiger partial charge in [-0.2, -0.15) is 0 Å². The molecule has 3 unspecified atom stereocenters. The summed E-state index contributed by atoms with van der Waals surface area (Å²) in [6, 6.07) is 5.75. The summed E-state index contributed by atoms with van der Waals surface area (Å²) in [6.45, 7) is 1.86. The van der Waals surface area contributed by atoms with Gasteiger partial charge in [-0.1, -0.05) is 25.0 Å². The van der Waals surface area contributed by atoms with Gasteiger partial charge in [0, 0.05) is 20.0 Å². The van der Waals surface area contributed by atoms with Crippen LogP contribution >= 0.6 is 0 Å². The van der Waals surface area contributed by atoms with Crippen LogP contribution < -0.4 is 5.14 Å². The van der Waals surface area contributed by atoms with Crippen molar-refractivity contribution >= 4 is 27.7 Å². The average molecular weight is 422 g/mol. The van der Waals surface area contributed by atoms with E-state index < -0.39 is 16.1 Å². The van der Waals surface area contributed by atoms with E-state index in [1.165, 1.54) is 21.9 Å². The van der Waals surface area contributed by atoms with Crippen molar-refractivity contribution in [3.8, 4) is 0 Å². The molecule has 3 rings (SSSR count). The number of nitrogens with two attached hydrogens (primary N) is 1. The summed E-state index contributed by atoms with van der Waals surface area (Å²) in [4.78, 5) is 40.4. The first-order valence-electron chi connectivity index (χ1n) is 9.85. The molecule has 3 atom stereocenters. The maximum atomic E-state index is 12.7. The molecule has 1 saturated heterocycles. The number of nitrogens with zero attached hydrogens (tertiary/aromatic N) is 2. The second kappa shape index (κ2) is 8.23. The summed E-state index contributed by atoms with van der Waals surface area (Å²) in [6.07, 6.45) is 3.45. The number of benzene rings is 1. The monoisotopic (exact) mass is 421 g/mol. The number of imide groups is 1. The molecular weight excluding hydrogens is 394 g/mol. The van der Waals surface area contributed by atoms with Gasteiger partial charge in [0.1, 0.15) is 0 Å². The molecule has 0 spiro atoms. The van der Waals surface area contributed by atoms with Gasteiger partial charge in [0.05, 0.1) is 22.8 Å². The van der Waals surface area contributed by atoms with Crippen LogP contribution in [0.4, 0.5) is 0 Å². The average Bonchev–Trinajstić information content (AvgIpc) is 2.95. The van der Waals surface area contributed by atoms with E-state index in [2.05, 4.69) is 0 Å². The van der Waals surface area contributed by atoms with Gasteiger partial charge in [-0.25, -0.2) is 13.6 Å². The van der Waals surface area contributed by atoms with Crippen molar-refractivity contribution in [1.29, 1.82) is 0 Å². The highest BCUT2D eigenvalue weighted by Crippen LogP contribution is 2.38. The number of sulfonamides is 1. The molecule has 8 nitrogen and oxygen atoms in total. The van der Waals surface area contributed by atoms with Crippen LogP contribution in [-0.4, -0.2) is 49.5 Å². The van der Waals surface area contributed by atoms with Crippen LogP contribution in [0.1, 0.15) is 50.6 Å². The Hall–Kier alpha value is -2.26. The number of carbonyl (C=O) groups excluding carboxylic acids is 3. The van der Waals surface area contributed by atoms with E-state index in [-0.39, 0.29) is 47.4 Å². The van der Waals surface area contributed by atoms with Crippen LogP contribution in [0.5, 0.6) is 0 Å². The highest BCUT2D eigenvalue weighted by atomic mass is 32.2. The van der Waals surface area contributed by atoms with Crippen molar-refractivity contribution in [2.45, 2.75) is 50.0 Å². The van der Waals surface area contributed by atoms with Gasteiger partial charge in [-0.05, 0) is 37.5 Å². The molecule has 1 aromatic rings. The first-order chi connectivity index (χ1) is 13.6. The zero-order chi connectivity index (χ0) is 21.3. The lowest BCUT2D eigenvalue weighted by Crippen LogP contribution is -2.37. The molecule has 2 aliphatic rings. The van der Waals surface area contributed by atoms with Crippen molar-refractivity contribution in [3.05, 3.63) is 29.8 Å². The molecule has 3 amide bonds. The van der Waals surface area contributed by atoms with E-state index in [1.807, 2.05) is 0 Å². The second-order valence-corrected chi connectivity index (χ2v) is 9.44. The molecule has 1 aromatic carbocycles. The highest BCUT2D eigenvalue weighted by Gasteiger charge is 2.47. The SMILES string of the molecule is CC(c1cccc(S(N)(=O)=O)c1)N(C)C(=O)CCN1C(=O)C2CCCCC2C1=O. The van der Waals surface area contributed by atoms with Gasteiger partial charge >= 0.3 is 0 Å². The van der Waals surface area contributed by atoms with E-state index in [1.54, 1.807) is 26.1 Å².